The molecule has 12 rings (SSSR count). The number of aliphatic imine (C=N–C) groups is 2. The van der Waals surface area contributed by atoms with Crippen LogP contribution in [-0.4, -0.2) is 117 Å². The maximum absolute atomic E-state index is 10.9. The monoisotopic (exact) mass is 1510 g/mol. The number of ketones is 2. The summed E-state index contributed by atoms with van der Waals surface area (Å²) in [7, 11) is 0. The van der Waals surface area contributed by atoms with Gasteiger partial charge in [0.05, 0.1) is 64.5 Å². The number of hydrogen-bond donors (Lipinski definition) is 11. The number of amidine groups is 3. The number of ether oxygens (including phenoxy) is 6. The molecule has 6 aromatic rings. The van der Waals surface area contributed by atoms with Crippen LogP contribution in [0.1, 0.15) is 201 Å². The number of nitrogens with two attached hydrogens (primary N) is 5. The van der Waals surface area contributed by atoms with Crippen molar-refractivity contribution >= 4 is 69.2 Å². The molecule has 0 aromatic heterocycles. The van der Waals surface area contributed by atoms with Gasteiger partial charge in [-0.1, -0.05) is 124 Å². The van der Waals surface area contributed by atoms with E-state index >= 15 is 0 Å². The number of carbonyl (C=O) groups is 3. The quantitative estimate of drug-likeness (QED) is 0.0110. The summed E-state index contributed by atoms with van der Waals surface area (Å²) in [4.78, 5) is 41.0. The van der Waals surface area contributed by atoms with Crippen LogP contribution in [0.2, 0.25) is 0 Å². The van der Waals surface area contributed by atoms with Crippen molar-refractivity contribution < 1.29 is 47.9 Å². The van der Waals surface area contributed by atoms with Crippen LogP contribution in [0.15, 0.2) is 156 Å². The highest BCUT2D eigenvalue weighted by Gasteiger charge is 2.36. The number of carboxylic acids is 1. The van der Waals surface area contributed by atoms with E-state index in [0.717, 1.165) is 113 Å². The van der Waals surface area contributed by atoms with Crippen molar-refractivity contribution in [2.24, 2.45) is 62.7 Å². The van der Waals surface area contributed by atoms with Crippen LogP contribution in [0.3, 0.4) is 0 Å². The first-order chi connectivity index (χ1) is 52.6. The second-order valence-electron chi connectivity index (χ2n) is 30.1. The number of hydrogen-bond acceptors (Lipinski definition) is 18. The molecule has 3 aliphatic carbocycles. The molecule has 3 saturated carbocycles. The molecule has 0 bridgehead atoms. The Labute approximate surface area is 652 Å². The second kappa shape index (κ2) is 44.6. The number of rotatable bonds is 25. The third-order valence-electron chi connectivity index (χ3n) is 21.5. The van der Waals surface area contributed by atoms with Gasteiger partial charge in [-0.2, -0.15) is 0 Å². The predicted molar refractivity (Wildman–Crippen MR) is 444 cm³/mol. The first-order valence-electron chi connectivity index (χ1n) is 39.3. The number of nitrogens with one attached hydrogen (secondary N) is 5. The molecule has 16 N–H and O–H groups in total. The number of aliphatic carboxylic acids is 1. The summed E-state index contributed by atoms with van der Waals surface area (Å²) in [5.41, 5.74) is 41.1. The molecule has 6 fully saturated rings. The molecule has 3 saturated heterocycles. The molecule has 110 heavy (non-hydrogen) atoms. The third-order valence-corrected chi connectivity index (χ3v) is 21.5. The van der Waals surface area contributed by atoms with Gasteiger partial charge in [0.1, 0.15) is 17.5 Å². The molecule has 596 valence electrons. The smallest absolute Gasteiger partial charge is 0.306 e. The average molecular weight is 1510 g/mol. The fourth-order valence-corrected chi connectivity index (χ4v) is 14.4. The lowest BCUT2D eigenvalue weighted by molar-refractivity contribution is -0.150. The number of anilines is 4. The summed E-state index contributed by atoms with van der Waals surface area (Å²) in [6, 6.07) is 48.8. The normalized spacial score (nSPS) is 20.9. The Bertz CT molecular complexity index is 3780. The summed E-state index contributed by atoms with van der Waals surface area (Å²) in [6.45, 7) is 21.3. The molecule has 0 amide bonds. The number of carbonyl (C=O) groups excluding carboxylic acids is 2. The molecule has 6 aliphatic rings. The molecule has 0 radical (unpaired) electrons. The van der Waals surface area contributed by atoms with E-state index in [9.17, 15) is 14.4 Å². The van der Waals surface area contributed by atoms with Gasteiger partial charge in [0, 0.05) is 81.9 Å². The van der Waals surface area contributed by atoms with Crippen LogP contribution in [0.25, 0.3) is 0 Å². The van der Waals surface area contributed by atoms with E-state index in [0.29, 0.717) is 76.1 Å². The molecule has 3 aliphatic heterocycles. The van der Waals surface area contributed by atoms with Gasteiger partial charge in [-0.05, 0) is 226 Å². The van der Waals surface area contributed by atoms with Crippen LogP contribution in [0.4, 0.5) is 22.7 Å². The fourth-order valence-electron chi connectivity index (χ4n) is 14.4. The Hall–Kier alpha value is -9.16. The molecule has 0 spiro atoms. The third kappa shape index (κ3) is 29.9. The van der Waals surface area contributed by atoms with Gasteiger partial charge >= 0.3 is 5.97 Å². The number of nitrogens with zero attached hydrogens (tertiary/aromatic N) is 2. The van der Waals surface area contributed by atoms with Crippen molar-refractivity contribution in [1.82, 2.24) is 0 Å². The van der Waals surface area contributed by atoms with E-state index in [4.69, 9.17) is 78.4 Å². The summed E-state index contributed by atoms with van der Waals surface area (Å²) in [5.74, 6) is 1.18. The van der Waals surface area contributed by atoms with E-state index < -0.39 is 23.3 Å². The van der Waals surface area contributed by atoms with Gasteiger partial charge in [-0.25, -0.2) is 0 Å². The van der Waals surface area contributed by atoms with E-state index in [-0.39, 0.29) is 54.0 Å². The Morgan fingerprint density at radius 2 is 0.800 bits per heavy atom. The molecule has 0 unspecified atom stereocenters. The summed E-state index contributed by atoms with van der Waals surface area (Å²) in [5, 5.41) is 37.2. The van der Waals surface area contributed by atoms with Gasteiger partial charge in [-0.15, -0.1) is 0 Å². The lowest BCUT2D eigenvalue weighted by Gasteiger charge is -2.29. The van der Waals surface area contributed by atoms with Crippen LogP contribution in [-0.2, 0) is 68.2 Å². The van der Waals surface area contributed by atoms with E-state index in [1.807, 2.05) is 77.9 Å². The molecule has 3 heterocycles. The van der Waals surface area contributed by atoms with E-state index in [2.05, 4.69) is 106 Å². The van der Waals surface area contributed by atoms with Crippen molar-refractivity contribution in [2.45, 2.75) is 182 Å². The van der Waals surface area contributed by atoms with Crippen LogP contribution >= 0.6 is 0 Å². The average Bonchev–Trinajstić information content (AvgIpc) is 1.60. The van der Waals surface area contributed by atoms with Gasteiger partial charge in [0.25, 0.3) is 0 Å². The van der Waals surface area contributed by atoms with Crippen molar-refractivity contribution in [2.75, 3.05) is 87.9 Å². The van der Waals surface area contributed by atoms with E-state index in [1.165, 1.54) is 82.3 Å². The minimum Gasteiger partial charge on any atom is -0.481 e. The van der Waals surface area contributed by atoms with Gasteiger partial charge < -0.3 is 72.8 Å². The standard InChI is InChI=1S/C29H41N7.C29H39NO4.C10H13NO2.C9H14O3.C8H9NO.C3H8N2/c1-20(34-18-28(30)31)25-6-3-5-23(15-25)12-9-22-10-13-24(14-11-22)17-36-27-8-4-7-26(16-27)21(2)35-19-29(32)33;1-28(31-15-16-32-28)25-6-3-5-23(19-25)12-9-22-10-13-24(14-11-22)21-30-27-8-4-7-26(20-27)29(2)33-17-18-34-29;1-10(12-5-6-13-10)8-3-2-4-9(11)7-8;1-6(10)7-2-4-8(5-3-7)9(11)12;1-6(10)7-3-2-4-8(9)5-7;1-2-3(4)5/h3-8,15-16,22,24,36H,9-14,17-19H2,1-2H3,(H3,30,31)(H3,32,33);3-8,19-20,22,24,30H,9-18,21H2,1-2H3;2-4,7H,5-6,11H2,1H3;7-8H,2-5H2,1H3,(H,11,12);2-5H,9H2,1H3;2H2,1H3,(H3,4,5). The zero-order valence-corrected chi connectivity index (χ0v) is 66.3. The van der Waals surface area contributed by atoms with Gasteiger partial charge in [-0.3, -0.25) is 40.6 Å². The summed E-state index contributed by atoms with van der Waals surface area (Å²) in [6.07, 6.45) is 18.6. The molecule has 0 atom stereocenters. The fraction of sp³-hybridized carbons (Fsp3) is 0.500. The minimum absolute atomic E-state index is 0.0484. The van der Waals surface area contributed by atoms with Crippen molar-refractivity contribution in [3.05, 3.63) is 190 Å². The number of nitrogen functional groups attached to an aromatic ring is 2. The lowest BCUT2D eigenvalue weighted by atomic mass is 9.79. The van der Waals surface area contributed by atoms with Crippen LogP contribution < -0.4 is 39.3 Å². The topological polar surface area (TPSA) is 377 Å². The Balaban J connectivity index is 0.000000206. The lowest BCUT2D eigenvalue weighted by Crippen LogP contribution is -2.24. The minimum atomic E-state index is -0.711. The molecular formula is C88H124N12O10. The van der Waals surface area contributed by atoms with Gasteiger partial charge in [0.2, 0.25) is 0 Å². The first-order valence-corrected chi connectivity index (χ1v) is 39.3. The highest BCUT2D eigenvalue weighted by Crippen LogP contribution is 2.38. The van der Waals surface area contributed by atoms with Crippen molar-refractivity contribution in [3.8, 4) is 0 Å². The molecule has 22 heteroatoms. The zero-order valence-electron chi connectivity index (χ0n) is 66.3. The summed E-state index contributed by atoms with van der Waals surface area (Å²) < 4.78 is 34.3. The second-order valence-corrected chi connectivity index (χ2v) is 30.1. The zero-order chi connectivity index (χ0) is 79.6. The number of carboxylic acid groups (broad SMARTS) is 1. The maximum Gasteiger partial charge on any atom is 0.306 e. The Morgan fingerprint density at radius 1 is 0.445 bits per heavy atom. The SMILES string of the molecule is CC(=NCC(=N)N)c1cccc(CCC2CCC(CNc3cccc(C(C)=NCC(=N)N)c3)CC2)c1.CC(=O)C1CCC(C(=O)O)CC1.CC(=O)c1cccc(N)c1.CC1(c2cccc(CCC3CCC(CNc4cccc(C5(C)OCCO5)c4)CC3)c2)OCCO1.CC1(c2cccc(N)c2)OCCO1.CCC(=N)N. The first kappa shape index (κ1) is 88.1. The summed E-state index contributed by atoms with van der Waals surface area (Å²) >= 11 is 0. The number of Topliss-reactive ketones (excluding diaryl/α,β-unsaturated/α-hetero) is 2. The predicted octanol–water partition coefficient (Wildman–Crippen LogP) is 15.8. The highest BCUT2D eigenvalue weighted by atomic mass is 16.7. The molecule has 6 aromatic carbocycles. The van der Waals surface area contributed by atoms with Crippen LogP contribution in [0, 0.1) is 51.7 Å². The van der Waals surface area contributed by atoms with Crippen molar-refractivity contribution in [1.29, 1.82) is 16.2 Å². The maximum atomic E-state index is 10.9. The van der Waals surface area contributed by atoms with E-state index in [1.54, 1.807) is 31.2 Å². The largest absolute Gasteiger partial charge is 0.481 e. The van der Waals surface area contributed by atoms with Crippen LogP contribution in [0.5, 0.6) is 0 Å². The number of aryl methyl sites for hydroxylation is 2. The highest BCUT2D eigenvalue weighted by molar-refractivity contribution is 6.01. The van der Waals surface area contributed by atoms with Crippen molar-refractivity contribution in [3.63, 3.8) is 0 Å². The molecular weight excluding hydrogens is 1390 g/mol. The Morgan fingerprint density at radius 3 is 1.21 bits per heavy atom. The van der Waals surface area contributed by atoms with Gasteiger partial charge in [0.15, 0.2) is 23.1 Å². The Kier molecular flexibility index (Phi) is 35.7. The molecule has 22 nitrogen and oxygen atoms in total. The number of benzene rings is 6.